The molecular formula is C34H25ClN2O6S2. The number of benzene rings is 3. The Morgan fingerprint density at radius 2 is 1.84 bits per heavy atom. The first-order valence-electron chi connectivity index (χ1n) is 13.8. The van der Waals surface area contributed by atoms with Gasteiger partial charge < -0.3 is 14.3 Å². The summed E-state index contributed by atoms with van der Waals surface area (Å²) in [5.74, 6) is -0.925. The summed E-state index contributed by atoms with van der Waals surface area (Å²) in [6, 6.07) is 24.0. The van der Waals surface area contributed by atoms with E-state index in [0.29, 0.717) is 37.1 Å². The fourth-order valence-electron chi connectivity index (χ4n) is 5.09. The molecule has 1 unspecified atom stereocenters. The van der Waals surface area contributed by atoms with Gasteiger partial charge in [-0.1, -0.05) is 65.4 Å². The topological polar surface area (TPSA) is 111 Å². The lowest BCUT2D eigenvalue weighted by molar-refractivity contribution is -0.138. The van der Waals surface area contributed by atoms with E-state index in [9.17, 15) is 19.5 Å². The van der Waals surface area contributed by atoms with E-state index in [1.165, 1.54) is 34.1 Å². The number of rotatable bonds is 8. The van der Waals surface area contributed by atoms with Crippen LogP contribution >= 0.6 is 34.7 Å². The molecule has 0 aliphatic carbocycles. The highest BCUT2D eigenvalue weighted by Crippen LogP contribution is 2.36. The van der Waals surface area contributed by atoms with Gasteiger partial charge in [0.25, 0.3) is 5.56 Å². The Balaban J connectivity index is 1.54. The Hall–Kier alpha value is -4.64. The molecule has 5 aromatic rings. The van der Waals surface area contributed by atoms with Crippen LogP contribution in [0.15, 0.2) is 110 Å². The summed E-state index contributed by atoms with van der Waals surface area (Å²) in [6.45, 7) is 1.90. The van der Waals surface area contributed by atoms with Crippen LogP contribution in [0.2, 0.25) is 5.02 Å². The van der Waals surface area contributed by atoms with E-state index >= 15 is 0 Å². The fraction of sp³-hybridized carbons (Fsp3) is 0.118. The summed E-state index contributed by atoms with van der Waals surface area (Å²) >= 11 is 9.12. The van der Waals surface area contributed by atoms with Crippen LogP contribution in [0, 0.1) is 0 Å². The van der Waals surface area contributed by atoms with Crippen molar-refractivity contribution in [2.45, 2.75) is 17.9 Å². The maximum atomic E-state index is 14.1. The molecule has 1 aliphatic rings. The molecule has 6 rings (SSSR count). The molecule has 3 heterocycles. The molecule has 0 spiro atoms. The van der Waals surface area contributed by atoms with Gasteiger partial charge in [0.15, 0.2) is 4.80 Å². The normalized spacial score (nSPS) is 14.6. The minimum absolute atomic E-state index is 0.0675. The van der Waals surface area contributed by atoms with Gasteiger partial charge in [-0.15, -0.1) is 11.8 Å². The lowest BCUT2D eigenvalue weighted by Gasteiger charge is -2.26. The highest BCUT2D eigenvalue weighted by atomic mass is 35.5. The number of aromatic carboxylic acids is 1. The molecule has 0 bridgehead atoms. The van der Waals surface area contributed by atoms with Gasteiger partial charge in [0.2, 0.25) is 0 Å². The Morgan fingerprint density at radius 3 is 2.53 bits per heavy atom. The van der Waals surface area contributed by atoms with E-state index in [1.54, 1.807) is 36.9 Å². The van der Waals surface area contributed by atoms with Crippen LogP contribution in [0.4, 0.5) is 0 Å². The highest BCUT2D eigenvalue weighted by Gasteiger charge is 2.35. The third-order valence-corrected chi connectivity index (χ3v) is 9.24. The van der Waals surface area contributed by atoms with E-state index in [4.69, 9.17) is 25.7 Å². The quantitative estimate of drug-likeness (QED) is 0.155. The smallest absolute Gasteiger partial charge is 0.338 e. The molecule has 0 fully saturated rings. The number of aromatic nitrogens is 1. The van der Waals surface area contributed by atoms with Gasteiger partial charge in [0, 0.05) is 22.1 Å². The van der Waals surface area contributed by atoms with E-state index in [2.05, 4.69) is 0 Å². The molecule has 1 atom stereocenters. The predicted octanol–water partition coefficient (Wildman–Crippen LogP) is 6.27. The number of nitrogens with zero attached hydrogens (tertiary/aromatic N) is 2. The average molecular weight is 657 g/mol. The molecule has 1 N–H and O–H groups in total. The molecule has 3 aromatic carbocycles. The van der Waals surface area contributed by atoms with E-state index in [1.807, 2.05) is 60.9 Å². The van der Waals surface area contributed by atoms with Crippen LogP contribution in [0.5, 0.6) is 0 Å². The van der Waals surface area contributed by atoms with E-state index in [0.717, 1.165) is 16.0 Å². The predicted molar refractivity (Wildman–Crippen MR) is 175 cm³/mol. The van der Waals surface area contributed by atoms with Crippen LogP contribution in [-0.2, 0) is 9.53 Å². The SMILES string of the molecule is CCOC(=O)C1=C(c2ccccc2)N=c2s/c(=C/c3ccc(-c4cc(C(=O)O)ccc4Cl)o3)c(=O)n2C1c1ccc(SC)cc1. The number of esters is 1. The molecule has 8 nitrogen and oxygen atoms in total. The van der Waals surface area contributed by atoms with Gasteiger partial charge in [0.1, 0.15) is 11.5 Å². The lowest BCUT2D eigenvalue weighted by atomic mass is 9.93. The van der Waals surface area contributed by atoms with Crippen molar-refractivity contribution in [2.24, 2.45) is 4.99 Å². The van der Waals surface area contributed by atoms with Crippen LogP contribution in [-0.4, -0.2) is 34.5 Å². The molecule has 1 aliphatic heterocycles. The molecule has 226 valence electrons. The number of thiazole rings is 1. The van der Waals surface area contributed by atoms with Crippen molar-refractivity contribution in [2.75, 3.05) is 12.9 Å². The zero-order chi connectivity index (χ0) is 31.7. The molecule has 0 amide bonds. The largest absolute Gasteiger partial charge is 0.478 e. The van der Waals surface area contributed by atoms with Crippen molar-refractivity contribution < 1.29 is 23.8 Å². The zero-order valence-electron chi connectivity index (χ0n) is 24.0. The third-order valence-electron chi connectivity index (χ3n) is 7.18. The van der Waals surface area contributed by atoms with Gasteiger partial charge in [-0.2, -0.15) is 0 Å². The van der Waals surface area contributed by atoms with Gasteiger partial charge in [-0.25, -0.2) is 14.6 Å². The molecule has 45 heavy (non-hydrogen) atoms. The molecule has 0 saturated carbocycles. The second-order valence-corrected chi connectivity index (χ2v) is 12.2. The first-order valence-corrected chi connectivity index (χ1v) is 16.3. The van der Waals surface area contributed by atoms with Crippen molar-refractivity contribution >= 4 is 58.4 Å². The first kappa shape index (κ1) is 30.4. The van der Waals surface area contributed by atoms with Gasteiger partial charge in [0.05, 0.1) is 39.0 Å². The Labute approximate surface area is 270 Å². The number of carboxylic acid groups (broad SMARTS) is 1. The summed E-state index contributed by atoms with van der Waals surface area (Å²) < 4.78 is 13.4. The number of carbonyl (C=O) groups is 2. The lowest BCUT2D eigenvalue weighted by Crippen LogP contribution is -2.40. The van der Waals surface area contributed by atoms with Crippen molar-refractivity contribution in [3.8, 4) is 11.3 Å². The average Bonchev–Trinajstić information content (AvgIpc) is 3.64. The Morgan fingerprint density at radius 1 is 1.09 bits per heavy atom. The van der Waals surface area contributed by atoms with Crippen LogP contribution in [0.3, 0.4) is 0 Å². The number of thioether (sulfide) groups is 1. The van der Waals surface area contributed by atoms with Crippen LogP contribution in [0.25, 0.3) is 23.1 Å². The summed E-state index contributed by atoms with van der Waals surface area (Å²) in [4.78, 5) is 45.5. The third kappa shape index (κ3) is 5.92. The van der Waals surface area contributed by atoms with Crippen molar-refractivity contribution in [3.63, 3.8) is 0 Å². The van der Waals surface area contributed by atoms with Gasteiger partial charge >= 0.3 is 11.9 Å². The maximum Gasteiger partial charge on any atom is 0.338 e. The van der Waals surface area contributed by atoms with Crippen molar-refractivity contribution in [1.82, 2.24) is 4.57 Å². The molecule has 0 saturated heterocycles. The number of hydrogen-bond acceptors (Lipinski definition) is 8. The number of ether oxygens (including phenoxy) is 1. The molecule has 11 heteroatoms. The number of carboxylic acids is 1. The van der Waals surface area contributed by atoms with Crippen molar-refractivity contribution in [3.05, 3.63) is 138 Å². The highest BCUT2D eigenvalue weighted by molar-refractivity contribution is 7.98. The first-order chi connectivity index (χ1) is 21.8. The van der Waals surface area contributed by atoms with Gasteiger partial charge in [-0.05, 0) is 61.2 Å². The number of furan rings is 1. The monoisotopic (exact) mass is 656 g/mol. The number of carbonyl (C=O) groups excluding carboxylic acids is 1. The van der Waals surface area contributed by atoms with Gasteiger partial charge in [-0.3, -0.25) is 9.36 Å². The van der Waals surface area contributed by atoms with Crippen LogP contribution < -0.4 is 14.9 Å². The second-order valence-electron chi connectivity index (χ2n) is 9.91. The second kappa shape index (κ2) is 12.8. The summed E-state index contributed by atoms with van der Waals surface area (Å²) in [5, 5.41) is 9.73. The fourth-order valence-corrected chi connectivity index (χ4v) is 6.69. The standard InChI is InChI=1S/C34H25ClN2O6S2/c1-3-42-33(41)28-29(19-7-5-4-6-8-19)36-34-37(30(28)20-9-13-23(44-2)14-10-20)31(38)27(45-34)18-22-12-16-26(43-22)24-17-21(32(39)40)11-15-25(24)35/h4-18,30H,3H2,1-2H3,(H,39,40)/b27-18+. The Kier molecular flexibility index (Phi) is 8.62. The minimum Gasteiger partial charge on any atom is -0.478 e. The van der Waals surface area contributed by atoms with Crippen LogP contribution in [0.1, 0.15) is 40.2 Å². The summed E-state index contributed by atoms with van der Waals surface area (Å²) in [5.41, 5.74) is 2.30. The number of fused-ring (bicyclic) bond motifs is 1. The number of halogens is 1. The van der Waals surface area contributed by atoms with Crippen molar-refractivity contribution in [1.29, 1.82) is 0 Å². The summed E-state index contributed by atoms with van der Waals surface area (Å²) in [6.07, 6.45) is 3.58. The molecule has 0 radical (unpaired) electrons. The maximum absolute atomic E-state index is 14.1. The zero-order valence-corrected chi connectivity index (χ0v) is 26.4. The number of hydrogen-bond donors (Lipinski definition) is 1. The minimum atomic E-state index is -1.09. The summed E-state index contributed by atoms with van der Waals surface area (Å²) in [7, 11) is 0. The Bertz CT molecular complexity index is 2150. The van der Waals surface area contributed by atoms with E-state index < -0.39 is 18.0 Å². The molecule has 2 aromatic heterocycles. The van der Waals surface area contributed by atoms with E-state index in [-0.39, 0.29) is 23.3 Å². The molecular weight excluding hydrogens is 632 g/mol.